The Balaban J connectivity index is 2.86. The van der Waals surface area contributed by atoms with Gasteiger partial charge in [-0.2, -0.15) is 0 Å². The number of unbranched alkanes of at least 4 members (excludes halogenated alkanes) is 2. The molecule has 0 heterocycles. The first-order chi connectivity index (χ1) is 5.77. The highest BCUT2D eigenvalue weighted by atomic mass is 16.1. The lowest BCUT2D eigenvalue weighted by Gasteiger charge is -2.02. The molecule has 0 radical (unpaired) electrons. The molecule has 0 aromatic heterocycles. The summed E-state index contributed by atoms with van der Waals surface area (Å²) >= 11 is 0. The van der Waals surface area contributed by atoms with Crippen molar-refractivity contribution in [3.05, 3.63) is 0 Å². The van der Waals surface area contributed by atoms with Gasteiger partial charge in [0.15, 0.2) is 0 Å². The van der Waals surface area contributed by atoms with Crippen molar-refractivity contribution in [1.29, 1.82) is 0 Å². The van der Waals surface area contributed by atoms with E-state index < -0.39 is 0 Å². The Hall–Kier alpha value is -0.570. The van der Waals surface area contributed by atoms with Gasteiger partial charge >= 0.3 is 0 Å². The van der Waals surface area contributed by atoms with Gasteiger partial charge in [0.25, 0.3) is 0 Å². The van der Waals surface area contributed by atoms with E-state index in [0.717, 1.165) is 26.1 Å². The fraction of sp³-hybridized carbons (Fsp3) is 0.889. The fourth-order valence-electron chi connectivity index (χ4n) is 0.993. The number of rotatable bonds is 7. The number of nitrogens with one attached hydrogen (secondary N) is 2. The summed E-state index contributed by atoms with van der Waals surface area (Å²) in [5, 5.41) is 6.04. The summed E-state index contributed by atoms with van der Waals surface area (Å²) in [4.78, 5) is 10.5. The minimum Gasteiger partial charge on any atom is -0.356 e. The van der Waals surface area contributed by atoms with Crippen molar-refractivity contribution in [1.82, 2.24) is 10.6 Å². The van der Waals surface area contributed by atoms with E-state index in [0.29, 0.717) is 0 Å². The van der Waals surface area contributed by atoms with Crippen molar-refractivity contribution in [2.24, 2.45) is 0 Å². The molecule has 0 saturated carbocycles. The molecule has 1 amide bonds. The third-order valence-electron chi connectivity index (χ3n) is 1.65. The van der Waals surface area contributed by atoms with Crippen molar-refractivity contribution in [2.45, 2.75) is 33.1 Å². The molecule has 0 rings (SSSR count). The lowest BCUT2D eigenvalue weighted by Crippen LogP contribution is -2.21. The Morgan fingerprint density at radius 1 is 1.17 bits per heavy atom. The van der Waals surface area contributed by atoms with Crippen LogP contribution in [0.4, 0.5) is 0 Å². The minimum absolute atomic E-state index is 0.0710. The van der Waals surface area contributed by atoms with E-state index in [9.17, 15) is 4.79 Å². The summed E-state index contributed by atoms with van der Waals surface area (Å²) in [5.74, 6) is 0.0710. The van der Waals surface area contributed by atoms with Gasteiger partial charge in [0.2, 0.25) is 5.91 Å². The molecule has 3 heteroatoms. The van der Waals surface area contributed by atoms with Crippen LogP contribution in [0.2, 0.25) is 0 Å². The SMILES string of the molecule is CCNCCCCCNC(C)=O. The van der Waals surface area contributed by atoms with E-state index in [1.54, 1.807) is 6.92 Å². The first-order valence-corrected chi connectivity index (χ1v) is 4.72. The zero-order chi connectivity index (χ0) is 9.23. The Morgan fingerprint density at radius 2 is 1.83 bits per heavy atom. The van der Waals surface area contributed by atoms with Gasteiger partial charge in [-0.15, -0.1) is 0 Å². The Kier molecular flexibility index (Phi) is 8.12. The maximum Gasteiger partial charge on any atom is 0.216 e. The smallest absolute Gasteiger partial charge is 0.216 e. The van der Waals surface area contributed by atoms with Gasteiger partial charge in [-0.05, 0) is 25.9 Å². The minimum atomic E-state index is 0.0710. The second-order valence-electron chi connectivity index (χ2n) is 2.90. The summed E-state index contributed by atoms with van der Waals surface area (Å²) < 4.78 is 0. The molecular weight excluding hydrogens is 152 g/mol. The van der Waals surface area contributed by atoms with Crippen LogP contribution in [0.5, 0.6) is 0 Å². The predicted octanol–water partition coefficient (Wildman–Crippen LogP) is 0.902. The van der Waals surface area contributed by atoms with Crippen LogP contribution < -0.4 is 10.6 Å². The molecule has 2 N–H and O–H groups in total. The molecule has 72 valence electrons. The molecule has 0 aliphatic rings. The van der Waals surface area contributed by atoms with Crippen molar-refractivity contribution in [3.63, 3.8) is 0 Å². The highest BCUT2D eigenvalue weighted by molar-refractivity contribution is 5.72. The van der Waals surface area contributed by atoms with Gasteiger partial charge in [0.1, 0.15) is 0 Å². The van der Waals surface area contributed by atoms with Gasteiger partial charge in [-0.25, -0.2) is 0 Å². The third-order valence-corrected chi connectivity index (χ3v) is 1.65. The molecule has 0 aromatic rings. The number of carbonyl (C=O) groups is 1. The number of carbonyl (C=O) groups excluding carboxylic acids is 1. The highest BCUT2D eigenvalue weighted by Crippen LogP contribution is 1.91. The van der Waals surface area contributed by atoms with Gasteiger partial charge in [0.05, 0.1) is 0 Å². The molecule has 3 nitrogen and oxygen atoms in total. The van der Waals surface area contributed by atoms with Crippen LogP contribution in [0.15, 0.2) is 0 Å². The summed E-state index contributed by atoms with van der Waals surface area (Å²) in [7, 11) is 0. The first kappa shape index (κ1) is 11.4. The number of amides is 1. The monoisotopic (exact) mass is 172 g/mol. The molecule has 0 bridgehead atoms. The van der Waals surface area contributed by atoms with Crippen LogP contribution in [0, 0.1) is 0 Å². The predicted molar refractivity (Wildman–Crippen MR) is 51.1 cm³/mol. The first-order valence-electron chi connectivity index (χ1n) is 4.72. The second-order valence-corrected chi connectivity index (χ2v) is 2.90. The van der Waals surface area contributed by atoms with E-state index in [4.69, 9.17) is 0 Å². The summed E-state index contributed by atoms with van der Waals surface area (Å²) in [5.41, 5.74) is 0. The Bertz CT molecular complexity index is 115. The maximum atomic E-state index is 10.5. The van der Waals surface area contributed by atoms with Gasteiger partial charge < -0.3 is 10.6 Å². The van der Waals surface area contributed by atoms with E-state index >= 15 is 0 Å². The zero-order valence-corrected chi connectivity index (χ0v) is 8.15. The molecule has 0 aliphatic heterocycles. The highest BCUT2D eigenvalue weighted by Gasteiger charge is 1.90. The molecular formula is C9H20N2O. The summed E-state index contributed by atoms with van der Waals surface area (Å²) in [6.07, 6.45) is 3.48. The normalized spacial score (nSPS) is 9.83. The quantitative estimate of drug-likeness (QED) is 0.560. The van der Waals surface area contributed by atoms with Crippen molar-refractivity contribution >= 4 is 5.91 Å². The number of hydrogen-bond donors (Lipinski definition) is 2. The summed E-state index contributed by atoms with van der Waals surface area (Å²) in [6, 6.07) is 0. The average molecular weight is 172 g/mol. The van der Waals surface area contributed by atoms with Gasteiger partial charge in [0, 0.05) is 13.5 Å². The van der Waals surface area contributed by atoms with Crippen LogP contribution in [0.25, 0.3) is 0 Å². The molecule has 0 spiro atoms. The molecule has 0 aliphatic carbocycles. The van der Waals surface area contributed by atoms with Crippen LogP contribution in [-0.4, -0.2) is 25.5 Å². The van der Waals surface area contributed by atoms with E-state index in [-0.39, 0.29) is 5.91 Å². The molecule has 12 heavy (non-hydrogen) atoms. The van der Waals surface area contributed by atoms with Crippen LogP contribution >= 0.6 is 0 Å². The largest absolute Gasteiger partial charge is 0.356 e. The van der Waals surface area contributed by atoms with Crippen molar-refractivity contribution in [3.8, 4) is 0 Å². The average Bonchev–Trinajstić information content (AvgIpc) is 2.02. The van der Waals surface area contributed by atoms with Gasteiger partial charge in [-0.1, -0.05) is 13.3 Å². The van der Waals surface area contributed by atoms with Crippen LogP contribution in [0.3, 0.4) is 0 Å². The maximum absolute atomic E-state index is 10.5. The summed E-state index contributed by atoms with van der Waals surface area (Å²) in [6.45, 7) is 6.62. The van der Waals surface area contributed by atoms with E-state index in [1.165, 1.54) is 12.8 Å². The lowest BCUT2D eigenvalue weighted by molar-refractivity contribution is -0.118. The second kappa shape index (κ2) is 8.53. The topological polar surface area (TPSA) is 41.1 Å². The van der Waals surface area contributed by atoms with Crippen molar-refractivity contribution < 1.29 is 4.79 Å². The number of hydrogen-bond acceptors (Lipinski definition) is 2. The fourth-order valence-corrected chi connectivity index (χ4v) is 0.993. The molecule has 0 fully saturated rings. The zero-order valence-electron chi connectivity index (χ0n) is 8.15. The Morgan fingerprint density at radius 3 is 2.42 bits per heavy atom. The van der Waals surface area contributed by atoms with Crippen molar-refractivity contribution in [2.75, 3.05) is 19.6 Å². The molecule has 0 aromatic carbocycles. The lowest BCUT2D eigenvalue weighted by atomic mass is 10.2. The molecule has 0 unspecified atom stereocenters. The van der Waals surface area contributed by atoms with E-state index in [2.05, 4.69) is 17.6 Å². The molecule has 0 atom stereocenters. The third kappa shape index (κ3) is 9.43. The van der Waals surface area contributed by atoms with Gasteiger partial charge in [-0.3, -0.25) is 4.79 Å². The molecule has 0 saturated heterocycles. The Labute approximate surface area is 74.9 Å². The van der Waals surface area contributed by atoms with Crippen LogP contribution in [0.1, 0.15) is 33.1 Å². The standard InChI is InChI=1S/C9H20N2O/c1-3-10-7-5-4-6-8-11-9(2)12/h10H,3-8H2,1-2H3,(H,11,12). The van der Waals surface area contributed by atoms with E-state index in [1.807, 2.05) is 0 Å². The van der Waals surface area contributed by atoms with Crippen LogP contribution in [-0.2, 0) is 4.79 Å².